The predicted molar refractivity (Wildman–Crippen MR) is 159 cm³/mol. The van der Waals surface area contributed by atoms with Crippen LogP contribution in [0.15, 0.2) is 77.7 Å². The molecule has 10 heteroatoms. The molecule has 1 atom stereocenters. The van der Waals surface area contributed by atoms with Crippen LogP contribution in [0, 0.1) is 12.7 Å². The molecule has 0 aromatic heterocycles. The minimum absolute atomic E-state index is 0.000963. The number of para-hydroxylation sites is 1. The maximum absolute atomic E-state index is 14.0. The molecule has 0 radical (unpaired) electrons. The number of rotatable bonds is 10. The van der Waals surface area contributed by atoms with E-state index in [1.54, 1.807) is 50.2 Å². The van der Waals surface area contributed by atoms with Crippen molar-refractivity contribution < 1.29 is 22.4 Å². The van der Waals surface area contributed by atoms with Crippen LogP contribution in [0.5, 0.6) is 0 Å². The second kappa shape index (κ2) is 13.5. The van der Waals surface area contributed by atoms with Gasteiger partial charge in [-0.05, 0) is 80.3 Å². The van der Waals surface area contributed by atoms with Gasteiger partial charge in [-0.3, -0.25) is 13.9 Å². The molecule has 0 heterocycles. The molecule has 3 aromatic rings. The van der Waals surface area contributed by atoms with Gasteiger partial charge in [-0.1, -0.05) is 61.2 Å². The van der Waals surface area contributed by atoms with Crippen molar-refractivity contribution in [3.63, 3.8) is 0 Å². The molecule has 3 aromatic carbocycles. The molecule has 0 saturated heterocycles. The third kappa shape index (κ3) is 7.65. The van der Waals surface area contributed by atoms with E-state index in [1.165, 1.54) is 41.3 Å². The van der Waals surface area contributed by atoms with Gasteiger partial charge in [0, 0.05) is 17.6 Å². The van der Waals surface area contributed by atoms with Gasteiger partial charge in [0.2, 0.25) is 11.8 Å². The van der Waals surface area contributed by atoms with E-state index < -0.39 is 34.3 Å². The highest BCUT2D eigenvalue weighted by atomic mass is 35.5. The van der Waals surface area contributed by atoms with Gasteiger partial charge >= 0.3 is 0 Å². The Bertz CT molecular complexity index is 1460. The SMILES string of the molecule is Cc1ccccc1N(CC(=O)N(Cc1ccc(F)cc1)C(C)C(=O)NC1CCCCC1)S(=O)(=O)c1ccc(Cl)cc1. The van der Waals surface area contributed by atoms with E-state index in [4.69, 9.17) is 11.6 Å². The van der Waals surface area contributed by atoms with Crippen LogP contribution in [0.1, 0.15) is 50.2 Å². The van der Waals surface area contributed by atoms with Gasteiger partial charge in [-0.15, -0.1) is 0 Å². The zero-order valence-corrected chi connectivity index (χ0v) is 24.8. The van der Waals surface area contributed by atoms with Crippen LogP contribution in [0.2, 0.25) is 5.02 Å². The number of hydrogen-bond donors (Lipinski definition) is 1. The van der Waals surface area contributed by atoms with Crippen molar-refractivity contribution in [1.29, 1.82) is 0 Å². The summed E-state index contributed by atoms with van der Waals surface area (Å²) in [7, 11) is -4.19. The molecule has 7 nitrogen and oxygen atoms in total. The minimum Gasteiger partial charge on any atom is -0.352 e. The monoisotopic (exact) mass is 599 g/mol. The Balaban J connectivity index is 1.68. The lowest BCUT2D eigenvalue weighted by molar-refractivity contribution is -0.139. The Morgan fingerprint density at radius 3 is 2.24 bits per heavy atom. The molecule has 1 aliphatic carbocycles. The van der Waals surface area contributed by atoms with E-state index in [-0.39, 0.29) is 23.4 Å². The smallest absolute Gasteiger partial charge is 0.264 e. The molecule has 4 rings (SSSR count). The molecule has 0 bridgehead atoms. The molecule has 1 unspecified atom stereocenters. The van der Waals surface area contributed by atoms with Gasteiger partial charge in [-0.2, -0.15) is 0 Å². The lowest BCUT2D eigenvalue weighted by Crippen LogP contribution is -2.53. The van der Waals surface area contributed by atoms with Crippen molar-refractivity contribution in [3.8, 4) is 0 Å². The first kappa shape index (κ1) is 30.5. The summed E-state index contributed by atoms with van der Waals surface area (Å²) in [6.07, 6.45) is 4.96. The maximum Gasteiger partial charge on any atom is 0.264 e. The summed E-state index contributed by atoms with van der Waals surface area (Å²) in [5.41, 5.74) is 1.61. The number of anilines is 1. The van der Waals surface area contributed by atoms with E-state index in [9.17, 15) is 22.4 Å². The first-order valence-electron chi connectivity index (χ1n) is 13.7. The molecule has 41 heavy (non-hydrogen) atoms. The van der Waals surface area contributed by atoms with Crippen LogP contribution in [0.3, 0.4) is 0 Å². The average Bonchev–Trinajstić information content (AvgIpc) is 2.96. The normalized spacial score (nSPS) is 14.7. The number of hydrogen-bond acceptors (Lipinski definition) is 4. The van der Waals surface area contributed by atoms with Crippen molar-refractivity contribution in [2.45, 2.75) is 69.5 Å². The van der Waals surface area contributed by atoms with Crippen molar-refractivity contribution in [2.75, 3.05) is 10.8 Å². The second-order valence-electron chi connectivity index (χ2n) is 10.4. The molecule has 1 saturated carbocycles. The lowest BCUT2D eigenvalue weighted by atomic mass is 9.95. The fraction of sp³-hybridized carbons (Fsp3) is 0.355. The lowest BCUT2D eigenvalue weighted by Gasteiger charge is -2.33. The molecule has 2 amide bonds. The first-order valence-corrected chi connectivity index (χ1v) is 15.6. The van der Waals surface area contributed by atoms with Crippen molar-refractivity contribution in [3.05, 3.63) is 94.8 Å². The third-order valence-corrected chi connectivity index (χ3v) is 9.48. The molecule has 1 N–H and O–H groups in total. The number of nitrogens with one attached hydrogen (secondary N) is 1. The average molecular weight is 600 g/mol. The summed E-state index contributed by atoms with van der Waals surface area (Å²) in [6, 6.07) is 17.4. The van der Waals surface area contributed by atoms with Gasteiger partial charge in [-0.25, -0.2) is 12.8 Å². The zero-order valence-electron chi connectivity index (χ0n) is 23.2. The van der Waals surface area contributed by atoms with E-state index >= 15 is 0 Å². The predicted octanol–water partition coefficient (Wildman–Crippen LogP) is 5.85. The number of amides is 2. The summed E-state index contributed by atoms with van der Waals surface area (Å²) in [6.45, 7) is 2.85. The Labute approximate surface area is 246 Å². The number of sulfonamides is 1. The molecule has 1 aliphatic rings. The molecule has 218 valence electrons. The summed E-state index contributed by atoms with van der Waals surface area (Å²) in [4.78, 5) is 28.7. The van der Waals surface area contributed by atoms with Crippen LogP contribution in [-0.4, -0.2) is 43.8 Å². The molecule has 0 spiro atoms. The third-order valence-electron chi connectivity index (χ3n) is 7.45. The van der Waals surface area contributed by atoms with Gasteiger partial charge in [0.1, 0.15) is 18.4 Å². The van der Waals surface area contributed by atoms with Crippen molar-refractivity contribution in [1.82, 2.24) is 10.2 Å². The Kier molecular flexibility index (Phi) is 10.0. The molecular formula is C31H35ClFN3O4S. The number of benzene rings is 3. The van der Waals surface area contributed by atoms with Crippen LogP contribution in [0.25, 0.3) is 0 Å². The maximum atomic E-state index is 14.0. The van der Waals surface area contributed by atoms with Crippen LogP contribution < -0.4 is 9.62 Å². The highest BCUT2D eigenvalue weighted by Gasteiger charge is 2.33. The molecule has 0 aliphatic heterocycles. The Morgan fingerprint density at radius 2 is 1.61 bits per heavy atom. The fourth-order valence-electron chi connectivity index (χ4n) is 5.03. The highest BCUT2D eigenvalue weighted by Crippen LogP contribution is 2.28. The Morgan fingerprint density at radius 1 is 0.976 bits per heavy atom. The van der Waals surface area contributed by atoms with E-state index in [0.29, 0.717) is 21.8 Å². The quantitative estimate of drug-likeness (QED) is 0.317. The topological polar surface area (TPSA) is 86.8 Å². The van der Waals surface area contributed by atoms with E-state index in [1.807, 2.05) is 0 Å². The Hall–Kier alpha value is -3.43. The van der Waals surface area contributed by atoms with Crippen LogP contribution in [-0.2, 0) is 26.2 Å². The summed E-state index contributed by atoms with van der Waals surface area (Å²) in [5, 5.41) is 3.45. The molecular weight excluding hydrogens is 565 g/mol. The largest absolute Gasteiger partial charge is 0.352 e. The van der Waals surface area contributed by atoms with E-state index in [2.05, 4.69) is 5.32 Å². The number of halogens is 2. The van der Waals surface area contributed by atoms with Gasteiger partial charge < -0.3 is 10.2 Å². The second-order valence-corrected chi connectivity index (χ2v) is 12.7. The van der Waals surface area contributed by atoms with Crippen molar-refractivity contribution >= 4 is 39.1 Å². The number of carbonyl (C=O) groups is 2. The summed E-state index contributed by atoms with van der Waals surface area (Å²) < 4.78 is 42.5. The number of carbonyl (C=O) groups excluding carboxylic acids is 2. The van der Waals surface area contributed by atoms with E-state index in [0.717, 1.165) is 36.4 Å². The highest BCUT2D eigenvalue weighted by molar-refractivity contribution is 7.92. The number of nitrogens with zero attached hydrogens (tertiary/aromatic N) is 2. The van der Waals surface area contributed by atoms with Gasteiger partial charge in [0.05, 0.1) is 10.6 Å². The summed E-state index contributed by atoms with van der Waals surface area (Å²) >= 11 is 6.00. The first-order chi connectivity index (χ1) is 19.6. The van der Waals surface area contributed by atoms with Crippen LogP contribution in [0.4, 0.5) is 10.1 Å². The zero-order chi connectivity index (χ0) is 29.6. The molecule has 1 fully saturated rings. The van der Waals surface area contributed by atoms with Crippen molar-refractivity contribution in [2.24, 2.45) is 0 Å². The van der Waals surface area contributed by atoms with Crippen LogP contribution >= 0.6 is 11.6 Å². The number of aryl methyl sites for hydroxylation is 1. The van der Waals surface area contributed by atoms with Gasteiger partial charge in [0.25, 0.3) is 10.0 Å². The summed E-state index contributed by atoms with van der Waals surface area (Å²) in [5.74, 6) is -1.30. The minimum atomic E-state index is -4.19. The standard InChI is InChI=1S/C31H35ClFN3O4S/c1-22-8-6-7-11-29(22)36(41(39,40)28-18-14-25(32)15-19-28)21-30(37)35(20-24-12-16-26(33)17-13-24)23(2)31(38)34-27-9-4-3-5-10-27/h6-8,11-19,23,27H,3-5,9-10,20-21H2,1-2H3,(H,34,38). The van der Waals surface area contributed by atoms with Gasteiger partial charge in [0.15, 0.2) is 0 Å². The fourth-order valence-corrected chi connectivity index (χ4v) is 6.63.